The number of hydrogen-bond acceptors (Lipinski definition) is 1. The molecular weight excluding hydrogens is 287 g/mol. The molecule has 1 aromatic carbocycles. The fourth-order valence-electron chi connectivity index (χ4n) is 6.06. The first-order chi connectivity index (χ1) is 11.1. The molecule has 2 heteroatoms. The van der Waals surface area contributed by atoms with Gasteiger partial charge in [0.1, 0.15) is 11.6 Å². The number of hydrogen-bond donors (Lipinski definition) is 0. The van der Waals surface area contributed by atoms with Gasteiger partial charge in [0.15, 0.2) is 0 Å². The molecule has 0 amide bonds. The molecule has 1 nitrogen and oxygen atoms in total. The second kappa shape index (κ2) is 5.29. The number of fused-ring (bicyclic) bond motifs is 5. The van der Waals surface area contributed by atoms with E-state index in [0.29, 0.717) is 35.9 Å². The lowest BCUT2D eigenvalue weighted by Crippen LogP contribution is -2.44. The molecule has 0 N–H and O–H groups in total. The number of ketones is 1. The Balaban J connectivity index is 1.75. The molecule has 0 aliphatic heterocycles. The van der Waals surface area contributed by atoms with Crippen LogP contribution >= 0.6 is 0 Å². The van der Waals surface area contributed by atoms with Crippen LogP contribution in [0, 0.1) is 29.0 Å². The molecule has 0 spiro atoms. The zero-order chi connectivity index (χ0) is 16.2. The van der Waals surface area contributed by atoms with E-state index in [1.807, 2.05) is 12.1 Å². The molecule has 0 radical (unpaired) electrons. The summed E-state index contributed by atoms with van der Waals surface area (Å²) in [6.45, 7) is 6.10. The molecule has 1 aromatic rings. The molecule has 122 valence electrons. The number of halogens is 1. The summed E-state index contributed by atoms with van der Waals surface area (Å²) in [7, 11) is 0. The number of allylic oxidation sites excluding steroid dienone is 1. The summed E-state index contributed by atoms with van der Waals surface area (Å²) in [6, 6.07) is 5.56. The third kappa shape index (κ3) is 2.07. The Morgan fingerprint density at radius 3 is 3.00 bits per heavy atom. The van der Waals surface area contributed by atoms with Crippen molar-refractivity contribution in [2.45, 2.75) is 51.4 Å². The summed E-state index contributed by atoms with van der Waals surface area (Å²) in [6.07, 6.45) is 7.47. The van der Waals surface area contributed by atoms with Gasteiger partial charge < -0.3 is 0 Å². The topological polar surface area (TPSA) is 17.1 Å². The van der Waals surface area contributed by atoms with E-state index in [4.69, 9.17) is 0 Å². The predicted molar refractivity (Wildman–Crippen MR) is 89.7 cm³/mol. The maximum atomic E-state index is 14.2. The van der Waals surface area contributed by atoms with Gasteiger partial charge in [-0.15, -0.1) is 6.58 Å². The Kier molecular flexibility index (Phi) is 3.48. The van der Waals surface area contributed by atoms with Crippen molar-refractivity contribution >= 4 is 5.78 Å². The van der Waals surface area contributed by atoms with E-state index in [0.717, 1.165) is 37.7 Å². The van der Waals surface area contributed by atoms with Gasteiger partial charge in [0.25, 0.3) is 0 Å². The minimum Gasteiger partial charge on any atom is -0.299 e. The fourth-order valence-corrected chi connectivity index (χ4v) is 6.06. The van der Waals surface area contributed by atoms with Crippen molar-refractivity contribution in [2.75, 3.05) is 0 Å². The molecule has 5 atom stereocenters. The van der Waals surface area contributed by atoms with Gasteiger partial charge in [0.05, 0.1) is 0 Å². The second-order valence-electron chi connectivity index (χ2n) is 8.01. The second-order valence-corrected chi connectivity index (χ2v) is 8.01. The first-order valence-corrected chi connectivity index (χ1v) is 8.97. The molecule has 3 aliphatic carbocycles. The Labute approximate surface area is 138 Å². The summed E-state index contributed by atoms with van der Waals surface area (Å²) in [5.74, 6) is 2.26. The maximum absolute atomic E-state index is 14.2. The van der Waals surface area contributed by atoms with E-state index in [1.165, 1.54) is 5.56 Å². The van der Waals surface area contributed by atoms with Gasteiger partial charge in [-0.2, -0.15) is 0 Å². The van der Waals surface area contributed by atoms with E-state index in [1.54, 1.807) is 6.07 Å². The number of Topliss-reactive ketones (excluding diaryl/α,β-unsaturated/α-hetero) is 1. The van der Waals surface area contributed by atoms with Crippen LogP contribution in [0.3, 0.4) is 0 Å². The van der Waals surface area contributed by atoms with Gasteiger partial charge in [-0.3, -0.25) is 4.79 Å². The molecule has 2 fully saturated rings. The number of rotatable bonds is 2. The number of benzene rings is 1. The molecule has 23 heavy (non-hydrogen) atoms. The summed E-state index contributed by atoms with van der Waals surface area (Å²) in [4.78, 5) is 12.7. The van der Waals surface area contributed by atoms with Gasteiger partial charge in [-0.1, -0.05) is 25.1 Å². The minimum absolute atomic E-state index is 0.0422. The Bertz CT molecular complexity index is 664. The first kappa shape index (κ1) is 15.1. The van der Waals surface area contributed by atoms with Crippen LogP contribution in [0.5, 0.6) is 0 Å². The highest BCUT2D eigenvalue weighted by atomic mass is 19.1. The van der Waals surface area contributed by atoms with Crippen LogP contribution in [-0.2, 0) is 11.2 Å². The van der Waals surface area contributed by atoms with Crippen molar-refractivity contribution in [3.05, 3.63) is 47.8 Å². The molecule has 1 unspecified atom stereocenters. The molecule has 0 aromatic heterocycles. The van der Waals surface area contributed by atoms with Crippen molar-refractivity contribution in [1.82, 2.24) is 0 Å². The molecule has 0 heterocycles. The van der Waals surface area contributed by atoms with E-state index in [-0.39, 0.29) is 11.2 Å². The quantitative estimate of drug-likeness (QED) is 0.698. The van der Waals surface area contributed by atoms with E-state index < -0.39 is 0 Å². The van der Waals surface area contributed by atoms with Crippen LogP contribution < -0.4 is 0 Å². The standard InChI is InChI=1S/C21H25FO/c1-3-5-13-12-19(23)21(2)11-10-15-14-6-4-7-18(22)16(14)8-9-17(15)20(13)21/h3-4,6-7,13,15,17,20H,1,5,8-12H2,2H3/t13-,15-,17-,20+,21?/m1/s1. The van der Waals surface area contributed by atoms with Crippen LogP contribution in [0.1, 0.15) is 56.1 Å². The van der Waals surface area contributed by atoms with Crippen LogP contribution in [0.15, 0.2) is 30.9 Å². The Morgan fingerprint density at radius 2 is 2.22 bits per heavy atom. The van der Waals surface area contributed by atoms with Crippen LogP contribution in [0.25, 0.3) is 0 Å². The third-order valence-electron chi connectivity index (χ3n) is 7.03. The summed E-state index contributed by atoms with van der Waals surface area (Å²) in [5, 5.41) is 0. The molecular formula is C21H25FO. The molecule has 2 saturated carbocycles. The number of carbonyl (C=O) groups excluding carboxylic acids is 1. The maximum Gasteiger partial charge on any atom is 0.139 e. The average Bonchev–Trinajstić information content (AvgIpc) is 2.79. The largest absolute Gasteiger partial charge is 0.299 e. The number of carbonyl (C=O) groups is 1. The van der Waals surface area contributed by atoms with Crippen LogP contribution in [-0.4, -0.2) is 5.78 Å². The van der Waals surface area contributed by atoms with Gasteiger partial charge in [-0.05, 0) is 73.0 Å². The normalized spacial score (nSPS) is 38.6. The molecule has 0 saturated heterocycles. The van der Waals surface area contributed by atoms with Gasteiger partial charge in [0.2, 0.25) is 0 Å². The highest BCUT2D eigenvalue weighted by Crippen LogP contribution is 2.62. The van der Waals surface area contributed by atoms with Crippen molar-refractivity contribution in [1.29, 1.82) is 0 Å². The summed E-state index contributed by atoms with van der Waals surface area (Å²) < 4.78 is 14.2. The van der Waals surface area contributed by atoms with Gasteiger partial charge in [-0.25, -0.2) is 4.39 Å². The lowest BCUT2D eigenvalue weighted by molar-refractivity contribution is -0.129. The van der Waals surface area contributed by atoms with Crippen molar-refractivity contribution in [3.8, 4) is 0 Å². The van der Waals surface area contributed by atoms with Crippen molar-refractivity contribution < 1.29 is 9.18 Å². The Morgan fingerprint density at radius 1 is 1.39 bits per heavy atom. The first-order valence-electron chi connectivity index (χ1n) is 8.97. The predicted octanol–water partition coefficient (Wildman–Crippen LogP) is 5.05. The van der Waals surface area contributed by atoms with Crippen molar-refractivity contribution in [2.24, 2.45) is 23.2 Å². The highest BCUT2D eigenvalue weighted by Gasteiger charge is 2.58. The average molecular weight is 312 g/mol. The van der Waals surface area contributed by atoms with E-state index in [2.05, 4.69) is 19.6 Å². The van der Waals surface area contributed by atoms with Gasteiger partial charge >= 0.3 is 0 Å². The zero-order valence-corrected chi connectivity index (χ0v) is 13.9. The van der Waals surface area contributed by atoms with E-state index >= 15 is 0 Å². The van der Waals surface area contributed by atoms with Crippen molar-refractivity contribution in [3.63, 3.8) is 0 Å². The summed E-state index contributed by atoms with van der Waals surface area (Å²) in [5.41, 5.74) is 2.00. The van der Waals surface area contributed by atoms with Crippen LogP contribution in [0.2, 0.25) is 0 Å². The monoisotopic (exact) mass is 312 g/mol. The SMILES string of the molecule is C=CC[C@@H]1CC(=O)C2(C)CC[C@@H]3c4cccc(F)c4CC[C@H]3[C@H]12. The van der Waals surface area contributed by atoms with Crippen LogP contribution in [0.4, 0.5) is 4.39 Å². The lowest BCUT2D eigenvalue weighted by atomic mass is 9.54. The lowest BCUT2D eigenvalue weighted by Gasteiger charge is -2.49. The molecule has 0 bridgehead atoms. The third-order valence-corrected chi connectivity index (χ3v) is 7.03. The molecule has 3 aliphatic rings. The minimum atomic E-state index is -0.153. The van der Waals surface area contributed by atoms with Gasteiger partial charge in [0, 0.05) is 11.8 Å². The smallest absolute Gasteiger partial charge is 0.139 e. The summed E-state index contributed by atoms with van der Waals surface area (Å²) >= 11 is 0. The highest BCUT2D eigenvalue weighted by molar-refractivity contribution is 5.87. The van der Waals surface area contributed by atoms with E-state index in [9.17, 15) is 9.18 Å². The fraction of sp³-hybridized carbons (Fsp3) is 0.571. The molecule has 4 rings (SSSR count). The zero-order valence-electron chi connectivity index (χ0n) is 13.9. The Hall–Kier alpha value is -1.44.